The Hall–Kier alpha value is -2.20. The van der Waals surface area contributed by atoms with Gasteiger partial charge in [-0.25, -0.2) is 9.97 Å². The highest BCUT2D eigenvalue weighted by Crippen LogP contribution is 2.16. The molecule has 0 aliphatic heterocycles. The van der Waals surface area contributed by atoms with Gasteiger partial charge in [-0.05, 0) is 23.8 Å². The number of fused-ring (bicyclic) bond motifs is 1. The lowest BCUT2D eigenvalue weighted by Gasteiger charge is -2.08. The third-order valence-electron chi connectivity index (χ3n) is 3.22. The van der Waals surface area contributed by atoms with Gasteiger partial charge in [0.15, 0.2) is 0 Å². The summed E-state index contributed by atoms with van der Waals surface area (Å²) in [4.78, 5) is 8.92. The van der Waals surface area contributed by atoms with Crippen molar-refractivity contribution in [2.75, 3.05) is 0 Å². The van der Waals surface area contributed by atoms with E-state index >= 15 is 0 Å². The van der Waals surface area contributed by atoms with E-state index in [1.165, 1.54) is 5.56 Å². The first-order chi connectivity index (χ1) is 9.74. The van der Waals surface area contributed by atoms with E-state index in [9.17, 15) is 0 Å². The van der Waals surface area contributed by atoms with Crippen molar-refractivity contribution in [2.24, 2.45) is 0 Å². The first kappa shape index (κ1) is 12.8. The predicted molar refractivity (Wildman–Crippen MR) is 80.8 cm³/mol. The van der Waals surface area contributed by atoms with E-state index in [0.717, 1.165) is 23.4 Å². The van der Waals surface area contributed by atoms with Crippen LogP contribution in [0.15, 0.2) is 48.9 Å². The normalized spacial score (nSPS) is 11.3. The molecule has 4 heteroatoms. The highest BCUT2D eigenvalue weighted by molar-refractivity contribution is 5.76. The molecule has 0 amide bonds. The van der Waals surface area contributed by atoms with Gasteiger partial charge in [-0.2, -0.15) is 0 Å². The number of nitrogens with one attached hydrogen (secondary N) is 1. The highest BCUT2D eigenvalue weighted by Gasteiger charge is 2.04. The van der Waals surface area contributed by atoms with Crippen LogP contribution in [-0.2, 0) is 6.54 Å². The molecule has 0 fully saturated rings. The molecule has 0 radical (unpaired) electrons. The molecule has 2 aromatic heterocycles. The molecule has 3 rings (SSSR count). The van der Waals surface area contributed by atoms with Crippen LogP contribution in [0.2, 0.25) is 0 Å². The topological polar surface area (TPSA) is 42.7 Å². The molecule has 0 spiro atoms. The lowest BCUT2D eigenvalue weighted by atomic mass is 10.2. The Morgan fingerprint density at radius 1 is 1.10 bits per heavy atom. The summed E-state index contributed by atoms with van der Waals surface area (Å²) in [5, 5.41) is 3.39. The Labute approximate surface area is 118 Å². The second kappa shape index (κ2) is 5.43. The Kier molecular flexibility index (Phi) is 3.48. The van der Waals surface area contributed by atoms with Crippen molar-refractivity contribution in [3.8, 4) is 5.82 Å². The first-order valence-corrected chi connectivity index (χ1v) is 6.85. The van der Waals surface area contributed by atoms with E-state index in [4.69, 9.17) is 0 Å². The standard InChI is InChI=1S/C16H18N4/c1-12(2)17-9-13-7-8-16(18-10-13)20-11-19-14-5-3-4-6-15(14)20/h3-8,10-12,17H,9H2,1-2H3. The summed E-state index contributed by atoms with van der Waals surface area (Å²) in [5.41, 5.74) is 3.25. The summed E-state index contributed by atoms with van der Waals surface area (Å²) in [6, 6.07) is 12.7. The van der Waals surface area contributed by atoms with E-state index in [2.05, 4.69) is 41.3 Å². The lowest BCUT2D eigenvalue weighted by Crippen LogP contribution is -2.21. The van der Waals surface area contributed by atoms with Gasteiger partial charge in [-0.1, -0.05) is 32.0 Å². The van der Waals surface area contributed by atoms with Crippen molar-refractivity contribution in [3.05, 3.63) is 54.5 Å². The minimum atomic E-state index is 0.479. The van der Waals surface area contributed by atoms with E-state index in [1.807, 2.05) is 41.4 Å². The van der Waals surface area contributed by atoms with Crippen molar-refractivity contribution >= 4 is 11.0 Å². The Morgan fingerprint density at radius 2 is 1.95 bits per heavy atom. The lowest BCUT2D eigenvalue weighted by molar-refractivity contribution is 0.588. The molecular formula is C16H18N4. The molecular weight excluding hydrogens is 248 g/mol. The average Bonchev–Trinajstić information content (AvgIpc) is 2.89. The molecule has 0 saturated carbocycles. The second-order valence-electron chi connectivity index (χ2n) is 5.16. The van der Waals surface area contributed by atoms with Crippen LogP contribution >= 0.6 is 0 Å². The third-order valence-corrected chi connectivity index (χ3v) is 3.22. The molecule has 0 saturated heterocycles. The highest BCUT2D eigenvalue weighted by atomic mass is 15.1. The fourth-order valence-corrected chi connectivity index (χ4v) is 2.13. The minimum absolute atomic E-state index is 0.479. The summed E-state index contributed by atoms with van der Waals surface area (Å²) in [7, 11) is 0. The van der Waals surface area contributed by atoms with Gasteiger partial charge >= 0.3 is 0 Å². The molecule has 2 heterocycles. The molecule has 0 bridgehead atoms. The van der Waals surface area contributed by atoms with Gasteiger partial charge in [0.1, 0.15) is 12.1 Å². The molecule has 0 atom stereocenters. The quantitative estimate of drug-likeness (QED) is 0.789. The summed E-state index contributed by atoms with van der Waals surface area (Å²) in [6.45, 7) is 5.12. The van der Waals surface area contributed by atoms with Crippen LogP contribution in [0.4, 0.5) is 0 Å². The third kappa shape index (κ3) is 2.56. The zero-order chi connectivity index (χ0) is 13.9. The number of nitrogens with zero attached hydrogens (tertiary/aromatic N) is 3. The fraction of sp³-hybridized carbons (Fsp3) is 0.250. The molecule has 3 aromatic rings. The number of hydrogen-bond donors (Lipinski definition) is 1. The molecule has 0 unspecified atom stereocenters. The van der Waals surface area contributed by atoms with Gasteiger partial charge in [-0.15, -0.1) is 0 Å². The van der Waals surface area contributed by atoms with Crippen LogP contribution < -0.4 is 5.32 Å². The number of benzene rings is 1. The number of para-hydroxylation sites is 2. The summed E-state index contributed by atoms with van der Waals surface area (Å²) < 4.78 is 2.01. The molecule has 0 aliphatic carbocycles. The maximum absolute atomic E-state index is 4.53. The van der Waals surface area contributed by atoms with Gasteiger partial charge in [0, 0.05) is 18.8 Å². The number of hydrogen-bond acceptors (Lipinski definition) is 3. The van der Waals surface area contributed by atoms with E-state index < -0.39 is 0 Å². The summed E-state index contributed by atoms with van der Waals surface area (Å²) in [6.07, 6.45) is 3.73. The van der Waals surface area contributed by atoms with Crippen molar-refractivity contribution in [1.82, 2.24) is 19.9 Å². The van der Waals surface area contributed by atoms with Crippen molar-refractivity contribution in [2.45, 2.75) is 26.4 Å². The number of aromatic nitrogens is 3. The molecule has 1 N–H and O–H groups in total. The van der Waals surface area contributed by atoms with Crippen LogP contribution in [0.3, 0.4) is 0 Å². The molecule has 0 aliphatic rings. The molecule has 4 nitrogen and oxygen atoms in total. The van der Waals surface area contributed by atoms with Crippen molar-refractivity contribution in [3.63, 3.8) is 0 Å². The molecule has 20 heavy (non-hydrogen) atoms. The average molecular weight is 266 g/mol. The van der Waals surface area contributed by atoms with E-state index in [1.54, 1.807) is 0 Å². The van der Waals surface area contributed by atoms with Gasteiger partial charge in [-0.3, -0.25) is 4.57 Å². The van der Waals surface area contributed by atoms with Gasteiger partial charge in [0.25, 0.3) is 0 Å². The Morgan fingerprint density at radius 3 is 2.70 bits per heavy atom. The number of pyridine rings is 1. The number of imidazole rings is 1. The zero-order valence-electron chi connectivity index (χ0n) is 11.7. The van der Waals surface area contributed by atoms with E-state index in [0.29, 0.717) is 6.04 Å². The SMILES string of the molecule is CC(C)NCc1ccc(-n2cnc3ccccc32)nc1. The predicted octanol–water partition coefficient (Wildman–Crippen LogP) is 2.92. The maximum Gasteiger partial charge on any atom is 0.138 e. The van der Waals surface area contributed by atoms with Crippen LogP contribution in [0.25, 0.3) is 16.9 Å². The Balaban J connectivity index is 1.87. The largest absolute Gasteiger partial charge is 0.310 e. The van der Waals surface area contributed by atoms with Crippen molar-refractivity contribution < 1.29 is 0 Å². The van der Waals surface area contributed by atoms with Gasteiger partial charge in [0.2, 0.25) is 0 Å². The first-order valence-electron chi connectivity index (χ1n) is 6.85. The van der Waals surface area contributed by atoms with Crippen LogP contribution in [0.1, 0.15) is 19.4 Å². The van der Waals surface area contributed by atoms with Crippen LogP contribution in [-0.4, -0.2) is 20.6 Å². The van der Waals surface area contributed by atoms with Crippen LogP contribution in [0, 0.1) is 0 Å². The van der Waals surface area contributed by atoms with Gasteiger partial charge < -0.3 is 5.32 Å². The van der Waals surface area contributed by atoms with Gasteiger partial charge in [0.05, 0.1) is 11.0 Å². The fourth-order valence-electron chi connectivity index (χ4n) is 2.13. The summed E-state index contributed by atoms with van der Waals surface area (Å²) in [5.74, 6) is 0.895. The second-order valence-corrected chi connectivity index (χ2v) is 5.16. The zero-order valence-corrected chi connectivity index (χ0v) is 11.7. The Bertz CT molecular complexity index is 698. The number of rotatable bonds is 4. The molecule has 1 aromatic carbocycles. The van der Waals surface area contributed by atoms with Crippen molar-refractivity contribution in [1.29, 1.82) is 0 Å². The van der Waals surface area contributed by atoms with Crippen LogP contribution in [0.5, 0.6) is 0 Å². The smallest absolute Gasteiger partial charge is 0.138 e. The molecule has 102 valence electrons. The maximum atomic E-state index is 4.53. The summed E-state index contributed by atoms with van der Waals surface area (Å²) >= 11 is 0. The van der Waals surface area contributed by atoms with E-state index in [-0.39, 0.29) is 0 Å². The monoisotopic (exact) mass is 266 g/mol. The minimum Gasteiger partial charge on any atom is -0.310 e.